The lowest BCUT2D eigenvalue weighted by atomic mass is 9.94. The number of nitrogens with zero attached hydrogens (tertiary/aromatic N) is 1. The highest BCUT2D eigenvalue weighted by molar-refractivity contribution is 6.64. The number of allylic oxidation sites excluding steroid dienone is 1. The number of aliphatic hydroxyl groups excluding tert-OH is 1. The number of carbonyl (C=O) groups is 1. The first-order chi connectivity index (χ1) is 28.8. The zero-order chi connectivity index (χ0) is 43.3. The van der Waals surface area contributed by atoms with Crippen LogP contribution in [0.3, 0.4) is 0 Å². The Bertz CT molecular complexity index is 888. The first kappa shape index (κ1) is 58.2. The topological polar surface area (TPSA) is 77.5 Å². The largest absolute Gasteiger partial charge is 0.465 e. The third-order valence-electron chi connectivity index (χ3n) is 11.6. The molecule has 1 N–H and O–H groups in total. The van der Waals surface area contributed by atoms with Gasteiger partial charge in [-0.3, -0.25) is 4.79 Å². The predicted molar refractivity (Wildman–Crippen MR) is 256 cm³/mol. The van der Waals surface area contributed by atoms with E-state index in [0.717, 1.165) is 103 Å². The van der Waals surface area contributed by atoms with Crippen LogP contribution >= 0.6 is 0 Å². The first-order valence-electron chi connectivity index (χ1n) is 25.9. The fourth-order valence-corrected chi connectivity index (χ4v) is 9.32. The highest BCUT2D eigenvalue weighted by atomic mass is 28.4. The number of unbranched alkanes of at least 4 members (excludes halogenated alkanes) is 22. The average molecular weight is 854 g/mol. The van der Waals surface area contributed by atoms with Gasteiger partial charge in [0.25, 0.3) is 0 Å². The van der Waals surface area contributed by atoms with E-state index in [1.807, 2.05) is 0 Å². The number of hydrogen-bond donors (Lipinski definition) is 1. The fourth-order valence-electron chi connectivity index (χ4n) is 7.80. The second-order valence-corrected chi connectivity index (χ2v) is 21.3. The van der Waals surface area contributed by atoms with Gasteiger partial charge in [-0.05, 0) is 116 Å². The molecule has 2 atom stereocenters. The molecule has 0 aliphatic carbocycles. The van der Waals surface area contributed by atoms with Crippen LogP contribution in [-0.2, 0) is 23.1 Å². The molecule has 8 heteroatoms. The molecule has 2 unspecified atom stereocenters. The van der Waals surface area contributed by atoms with Gasteiger partial charge in [-0.1, -0.05) is 168 Å². The van der Waals surface area contributed by atoms with Crippen LogP contribution in [0.2, 0.25) is 13.1 Å². The Morgan fingerprint density at radius 3 is 1.58 bits per heavy atom. The lowest BCUT2D eigenvalue weighted by Crippen LogP contribution is -2.40. The summed E-state index contributed by atoms with van der Waals surface area (Å²) in [4.78, 5) is 15.6. The van der Waals surface area contributed by atoms with Gasteiger partial charge in [-0.25, -0.2) is 0 Å². The van der Waals surface area contributed by atoms with E-state index in [4.69, 9.17) is 18.3 Å². The van der Waals surface area contributed by atoms with Gasteiger partial charge in [0.2, 0.25) is 0 Å². The minimum Gasteiger partial charge on any atom is -0.465 e. The molecule has 0 aliphatic heterocycles. The molecule has 0 aromatic carbocycles. The van der Waals surface area contributed by atoms with Crippen LogP contribution in [0.5, 0.6) is 0 Å². The number of aliphatic hydroxyl groups is 1. The molecule has 0 aromatic heterocycles. The van der Waals surface area contributed by atoms with E-state index < -0.39 is 8.56 Å². The molecule has 0 spiro atoms. The van der Waals surface area contributed by atoms with Gasteiger partial charge in [0.1, 0.15) is 6.29 Å². The molecule has 0 saturated carbocycles. The maximum atomic E-state index is 13.0. The van der Waals surface area contributed by atoms with Crippen molar-refractivity contribution in [2.45, 2.75) is 259 Å². The average Bonchev–Trinajstić information content (AvgIpc) is 3.22. The molecule has 0 bridgehead atoms. The summed E-state index contributed by atoms with van der Waals surface area (Å²) in [6, 6.07) is 0. The van der Waals surface area contributed by atoms with Crippen LogP contribution in [0.4, 0.5) is 0 Å². The fraction of sp³-hybridized carbons (Fsp3) is 0.941. The molecule has 0 fully saturated rings. The molecule has 0 rings (SSSR count). The van der Waals surface area contributed by atoms with E-state index in [1.54, 1.807) is 0 Å². The van der Waals surface area contributed by atoms with E-state index in [9.17, 15) is 9.90 Å². The summed E-state index contributed by atoms with van der Waals surface area (Å²) in [5.74, 6) is 0.153. The molecular weight excluding hydrogens is 751 g/mol. The zero-order valence-corrected chi connectivity index (χ0v) is 41.5. The van der Waals surface area contributed by atoms with Crippen LogP contribution in [0.25, 0.3) is 0 Å². The van der Waals surface area contributed by atoms with Gasteiger partial charge in [0, 0.05) is 13.2 Å². The van der Waals surface area contributed by atoms with Gasteiger partial charge in [-0.2, -0.15) is 0 Å². The van der Waals surface area contributed by atoms with Crippen LogP contribution in [0, 0.1) is 5.92 Å². The summed E-state index contributed by atoms with van der Waals surface area (Å²) >= 11 is 0. The number of ether oxygens (including phenoxy) is 2. The summed E-state index contributed by atoms with van der Waals surface area (Å²) in [7, 11) is -2.29. The first-order valence-corrected chi connectivity index (χ1v) is 28.7. The highest BCUT2D eigenvalue weighted by Crippen LogP contribution is 2.22. The summed E-state index contributed by atoms with van der Waals surface area (Å²) in [5, 5.41) is 9.37. The Hall–Kier alpha value is -0.773. The molecule has 0 saturated heterocycles. The minimum atomic E-state index is -2.29. The number of rotatable bonds is 48. The van der Waals surface area contributed by atoms with Gasteiger partial charge in [-0.15, -0.1) is 0 Å². The van der Waals surface area contributed by atoms with E-state index in [-0.39, 0.29) is 24.8 Å². The summed E-state index contributed by atoms with van der Waals surface area (Å²) in [5.41, 5.74) is 0. The molecule has 0 amide bonds. The van der Waals surface area contributed by atoms with Crippen LogP contribution < -0.4 is 0 Å². The van der Waals surface area contributed by atoms with Crippen molar-refractivity contribution in [2.75, 3.05) is 46.1 Å². The second-order valence-electron chi connectivity index (χ2n) is 18.0. The second kappa shape index (κ2) is 45.3. The van der Waals surface area contributed by atoms with Crippen molar-refractivity contribution in [1.82, 2.24) is 4.90 Å². The lowest BCUT2D eigenvalue weighted by Gasteiger charge is -2.29. The van der Waals surface area contributed by atoms with Gasteiger partial charge >= 0.3 is 14.5 Å². The monoisotopic (exact) mass is 854 g/mol. The number of carbonyl (C=O) groups excluding carboxylic acids is 1. The maximum absolute atomic E-state index is 13.0. The van der Waals surface area contributed by atoms with Crippen molar-refractivity contribution in [1.29, 1.82) is 0 Å². The molecule has 0 aromatic rings. The number of esters is 1. The Morgan fingerprint density at radius 2 is 0.983 bits per heavy atom. The van der Waals surface area contributed by atoms with E-state index in [1.165, 1.54) is 135 Å². The summed E-state index contributed by atoms with van der Waals surface area (Å²) < 4.78 is 25.1. The molecule has 7 nitrogen and oxygen atoms in total. The van der Waals surface area contributed by atoms with Crippen LogP contribution in [0.1, 0.15) is 240 Å². The van der Waals surface area contributed by atoms with Gasteiger partial charge in [0.15, 0.2) is 0 Å². The highest BCUT2D eigenvalue weighted by Gasteiger charge is 2.29. The molecular formula is C51H103NO6Si. The molecule has 0 radical (unpaired) electrons. The standard InChI is InChI=1S/C51H103NO6Si/c1-7-11-15-19-21-26-36-46-55-50(41-31-22-17-13-9-3)58-59(5,6)57-48-38-28-25-33-43-52(44-34-35-45-53)42-32-24-27-37-47-56-51(54)49(39-29-18-14-10-4)40-30-23-20-16-12-8-2/h21,26,49-50,53H,7-20,22-25,27-48H2,1-6H3/b26-21-. The Morgan fingerprint density at radius 1 is 0.525 bits per heavy atom. The lowest BCUT2D eigenvalue weighted by molar-refractivity contribution is -0.149. The van der Waals surface area contributed by atoms with Gasteiger partial charge in [0.05, 0.1) is 19.1 Å². The minimum absolute atomic E-state index is 0.0601. The van der Waals surface area contributed by atoms with Crippen molar-refractivity contribution < 1.29 is 28.2 Å². The van der Waals surface area contributed by atoms with E-state index in [0.29, 0.717) is 13.2 Å². The Labute approximate surface area is 369 Å². The molecule has 352 valence electrons. The third-order valence-corrected chi connectivity index (χ3v) is 13.4. The van der Waals surface area contributed by atoms with Gasteiger partial charge < -0.3 is 28.3 Å². The SMILES string of the molecule is CCCCC/C=C\CCOC(CCCCCCC)O[Si](C)(C)OCCCCCCN(CCCCO)CCCCCCOC(=O)C(CCCCCC)CCCCCCCC. The van der Waals surface area contributed by atoms with Crippen LogP contribution in [-0.4, -0.2) is 76.9 Å². The van der Waals surface area contributed by atoms with E-state index >= 15 is 0 Å². The predicted octanol–water partition coefficient (Wildman–Crippen LogP) is 15.0. The molecule has 0 heterocycles. The van der Waals surface area contributed by atoms with Crippen molar-refractivity contribution in [3.63, 3.8) is 0 Å². The summed E-state index contributed by atoms with van der Waals surface area (Å²) in [6.07, 6.45) is 43.1. The third kappa shape index (κ3) is 41.0. The molecule has 0 aliphatic rings. The Kier molecular flexibility index (Phi) is 44.7. The Balaban J connectivity index is 4.48. The van der Waals surface area contributed by atoms with Crippen molar-refractivity contribution in [2.24, 2.45) is 5.92 Å². The van der Waals surface area contributed by atoms with Crippen molar-refractivity contribution >= 4 is 14.5 Å². The van der Waals surface area contributed by atoms with Crippen molar-refractivity contribution in [3.05, 3.63) is 12.2 Å². The molecule has 59 heavy (non-hydrogen) atoms. The number of hydrogen-bond acceptors (Lipinski definition) is 7. The van der Waals surface area contributed by atoms with Crippen molar-refractivity contribution in [3.8, 4) is 0 Å². The van der Waals surface area contributed by atoms with Crippen LogP contribution in [0.15, 0.2) is 12.2 Å². The normalized spacial score (nSPS) is 13.2. The quantitative estimate of drug-likeness (QED) is 0.0215. The maximum Gasteiger partial charge on any atom is 0.333 e. The van der Waals surface area contributed by atoms with E-state index in [2.05, 4.69) is 57.8 Å². The zero-order valence-electron chi connectivity index (χ0n) is 40.5. The summed E-state index contributed by atoms with van der Waals surface area (Å²) in [6.45, 7) is 19.0. The smallest absolute Gasteiger partial charge is 0.333 e.